The van der Waals surface area contributed by atoms with E-state index >= 15 is 0 Å². The third-order valence-corrected chi connectivity index (χ3v) is 3.71. The Morgan fingerprint density at radius 2 is 1.87 bits per heavy atom. The first kappa shape index (κ1) is 22.1. The lowest BCUT2D eigenvalue weighted by atomic mass is 10.1. The molecule has 0 aliphatic carbocycles. The van der Waals surface area contributed by atoms with Crippen LogP contribution in [-0.2, 0) is 9.59 Å². The van der Waals surface area contributed by atoms with Crippen molar-refractivity contribution in [2.45, 2.75) is 6.92 Å². The number of rotatable bonds is 9. The molecule has 0 aliphatic rings. The van der Waals surface area contributed by atoms with Gasteiger partial charge in [-0.1, -0.05) is 12.1 Å². The van der Waals surface area contributed by atoms with E-state index < -0.39 is 22.5 Å². The first-order valence-electron chi connectivity index (χ1n) is 8.60. The summed E-state index contributed by atoms with van der Waals surface area (Å²) < 4.78 is 15.1. The number of benzene rings is 2. The summed E-state index contributed by atoms with van der Waals surface area (Å²) in [4.78, 5) is 33.9. The normalized spacial score (nSPS) is 10.4. The summed E-state index contributed by atoms with van der Waals surface area (Å²) in [6.07, 6.45) is 1.10. The second kappa shape index (κ2) is 10.4. The van der Waals surface area contributed by atoms with Crippen molar-refractivity contribution in [1.82, 2.24) is 5.43 Å². The number of amides is 1. The van der Waals surface area contributed by atoms with Gasteiger partial charge in [-0.3, -0.25) is 19.7 Å². The van der Waals surface area contributed by atoms with Crippen molar-refractivity contribution in [2.75, 3.05) is 26.1 Å². The van der Waals surface area contributed by atoms with E-state index in [0.717, 1.165) is 13.1 Å². The van der Waals surface area contributed by atoms with Crippen molar-refractivity contribution in [3.8, 4) is 17.2 Å². The molecule has 0 saturated carbocycles. The number of hydrogen-bond acceptors (Lipinski definition) is 9. The van der Waals surface area contributed by atoms with Crippen LogP contribution in [0.2, 0.25) is 0 Å². The third kappa shape index (κ3) is 5.67. The quantitative estimate of drug-likeness (QED) is 0.208. The van der Waals surface area contributed by atoms with E-state index in [0.29, 0.717) is 11.4 Å². The topological polar surface area (TPSA) is 141 Å². The number of carbonyl (C=O) groups excluding carboxylic acids is 2. The van der Waals surface area contributed by atoms with Gasteiger partial charge in [0.25, 0.3) is 5.91 Å². The van der Waals surface area contributed by atoms with Crippen molar-refractivity contribution in [3.05, 3.63) is 52.1 Å². The van der Waals surface area contributed by atoms with Crippen LogP contribution in [0.25, 0.3) is 0 Å². The molecule has 158 valence electrons. The maximum Gasteiger partial charge on any atom is 0.323 e. The molecule has 2 aromatic carbocycles. The smallest absolute Gasteiger partial charge is 0.323 e. The summed E-state index contributed by atoms with van der Waals surface area (Å²) >= 11 is 0. The summed E-state index contributed by atoms with van der Waals surface area (Å²) in [5.41, 5.74) is 2.48. The van der Waals surface area contributed by atoms with Crippen molar-refractivity contribution in [2.24, 2.45) is 5.10 Å². The van der Waals surface area contributed by atoms with Gasteiger partial charge in [0.05, 0.1) is 43.2 Å². The van der Waals surface area contributed by atoms with Gasteiger partial charge in [0.2, 0.25) is 5.75 Å². The predicted molar refractivity (Wildman–Crippen MR) is 108 cm³/mol. The number of hydrogen-bond donors (Lipinski definition) is 2. The van der Waals surface area contributed by atoms with Crippen LogP contribution < -0.4 is 25.0 Å². The highest BCUT2D eigenvalue weighted by Crippen LogP contribution is 2.39. The third-order valence-electron chi connectivity index (χ3n) is 3.71. The molecule has 30 heavy (non-hydrogen) atoms. The molecule has 0 atom stereocenters. The van der Waals surface area contributed by atoms with E-state index in [9.17, 15) is 19.7 Å². The second-order valence-electron chi connectivity index (χ2n) is 5.73. The Morgan fingerprint density at radius 1 is 1.13 bits per heavy atom. The van der Waals surface area contributed by atoms with Gasteiger partial charge in [-0.15, -0.1) is 0 Å². The molecule has 0 radical (unpaired) electrons. The van der Waals surface area contributed by atoms with Crippen molar-refractivity contribution in [3.63, 3.8) is 0 Å². The number of ether oxygens (including phenoxy) is 3. The Kier molecular flexibility index (Phi) is 7.68. The van der Waals surface area contributed by atoms with Crippen LogP contribution in [0, 0.1) is 10.1 Å². The molecule has 2 N–H and O–H groups in total. The number of nitrogens with zero attached hydrogens (tertiary/aromatic N) is 2. The van der Waals surface area contributed by atoms with Gasteiger partial charge in [0, 0.05) is 6.92 Å². The average Bonchev–Trinajstić information content (AvgIpc) is 2.72. The van der Waals surface area contributed by atoms with Gasteiger partial charge in [-0.2, -0.15) is 5.10 Å². The Bertz CT molecular complexity index is 975. The molecule has 1 amide bonds. The Hall–Kier alpha value is -4.15. The fourth-order valence-electron chi connectivity index (χ4n) is 2.47. The van der Waals surface area contributed by atoms with Gasteiger partial charge in [0.15, 0.2) is 5.75 Å². The minimum absolute atomic E-state index is 0.0470. The molecule has 0 unspecified atom stereocenters. The molecular formula is C19H20N4O7. The fourth-order valence-corrected chi connectivity index (χ4v) is 2.47. The van der Waals surface area contributed by atoms with Crippen LogP contribution in [0.5, 0.6) is 17.2 Å². The number of nitrogens with one attached hydrogen (secondary N) is 2. The van der Waals surface area contributed by atoms with E-state index in [1.165, 1.54) is 26.4 Å². The van der Waals surface area contributed by atoms with Crippen LogP contribution >= 0.6 is 0 Å². The van der Waals surface area contributed by atoms with Gasteiger partial charge < -0.3 is 19.5 Å². The van der Waals surface area contributed by atoms with Crippen molar-refractivity contribution < 1.29 is 28.7 Å². The zero-order chi connectivity index (χ0) is 22.1. The molecule has 2 rings (SSSR count). The number of hydrazone groups is 1. The zero-order valence-electron chi connectivity index (χ0n) is 16.5. The summed E-state index contributed by atoms with van der Waals surface area (Å²) in [6.45, 7) is 1.06. The molecule has 0 saturated heterocycles. The summed E-state index contributed by atoms with van der Waals surface area (Å²) in [5.74, 6) is -0.895. The zero-order valence-corrected chi connectivity index (χ0v) is 16.5. The Labute approximate surface area is 171 Å². The summed E-state index contributed by atoms with van der Waals surface area (Å²) in [5, 5.41) is 18.1. The number of esters is 1. The monoisotopic (exact) mass is 416 g/mol. The number of para-hydroxylation sites is 2. The highest BCUT2D eigenvalue weighted by Gasteiger charge is 2.25. The summed E-state index contributed by atoms with van der Waals surface area (Å²) in [6, 6.07) is 9.72. The van der Waals surface area contributed by atoms with Crippen LogP contribution in [0.1, 0.15) is 12.5 Å². The van der Waals surface area contributed by atoms with Crippen molar-refractivity contribution in [1.29, 1.82) is 0 Å². The van der Waals surface area contributed by atoms with Gasteiger partial charge in [0.1, 0.15) is 5.75 Å². The van der Waals surface area contributed by atoms with Gasteiger partial charge in [-0.05, 0) is 24.3 Å². The maximum absolute atomic E-state index is 12.0. The number of anilines is 1. The van der Waals surface area contributed by atoms with E-state index in [-0.39, 0.29) is 23.6 Å². The van der Waals surface area contributed by atoms with E-state index in [1.54, 1.807) is 24.3 Å². The average molecular weight is 416 g/mol. The Balaban J connectivity index is 2.10. The molecular weight excluding hydrogens is 396 g/mol. The molecule has 0 spiro atoms. The number of methoxy groups -OCH3 is 2. The second-order valence-corrected chi connectivity index (χ2v) is 5.73. The molecule has 11 nitrogen and oxygen atoms in total. The van der Waals surface area contributed by atoms with E-state index in [2.05, 4.69) is 15.8 Å². The van der Waals surface area contributed by atoms with Crippen molar-refractivity contribution >= 4 is 29.5 Å². The maximum atomic E-state index is 12.0. The molecule has 0 heterocycles. The van der Waals surface area contributed by atoms with Crippen LogP contribution in [-0.4, -0.2) is 43.8 Å². The minimum atomic E-state index is -0.696. The van der Waals surface area contributed by atoms with Crippen LogP contribution in [0.4, 0.5) is 11.4 Å². The van der Waals surface area contributed by atoms with Crippen LogP contribution in [0.15, 0.2) is 41.5 Å². The lowest BCUT2D eigenvalue weighted by molar-refractivity contribution is -0.385. The first-order chi connectivity index (χ1) is 14.4. The molecule has 0 aromatic heterocycles. The fraction of sp³-hybridized carbons (Fsp3) is 0.211. The molecule has 11 heteroatoms. The molecule has 2 aromatic rings. The van der Waals surface area contributed by atoms with E-state index in [4.69, 9.17) is 14.2 Å². The molecule has 0 bridgehead atoms. The van der Waals surface area contributed by atoms with Crippen LogP contribution in [0.3, 0.4) is 0 Å². The van der Waals surface area contributed by atoms with Gasteiger partial charge in [-0.25, -0.2) is 5.43 Å². The standard InChI is InChI=1S/C19H20N4O7/c1-12(24)30-16-9-8-13(18(23(26)27)19(16)29-3)10-21-22-17(25)11-20-14-6-4-5-7-15(14)28-2/h4-10,20H,11H2,1-3H3,(H,22,25). The van der Waals surface area contributed by atoms with Gasteiger partial charge >= 0.3 is 11.7 Å². The Morgan fingerprint density at radius 3 is 2.50 bits per heavy atom. The highest BCUT2D eigenvalue weighted by molar-refractivity contribution is 5.90. The highest BCUT2D eigenvalue weighted by atomic mass is 16.6. The lowest BCUT2D eigenvalue weighted by Gasteiger charge is -2.10. The largest absolute Gasteiger partial charge is 0.495 e. The molecule has 0 aliphatic heterocycles. The van der Waals surface area contributed by atoms with E-state index in [1.807, 2.05) is 0 Å². The lowest BCUT2D eigenvalue weighted by Crippen LogP contribution is -2.26. The predicted octanol–water partition coefficient (Wildman–Crippen LogP) is 2.10. The molecule has 0 fully saturated rings. The number of nitro groups is 1. The SMILES string of the molecule is COc1ccccc1NCC(=O)NN=Cc1ccc(OC(C)=O)c(OC)c1[N+](=O)[O-]. The number of nitro benzene ring substituents is 1. The first-order valence-corrected chi connectivity index (χ1v) is 8.60. The minimum Gasteiger partial charge on any atom is -0.495 e. The summed E-state index contributed by atoms with van der Waals surface area (Å²) in [7, 11) is 2.72. The number of carbonyl (C=O) groups is 2.